The van der Waals surface area contributed by atoms with Crippen LogP contribution < -0.4 is 4.74 Å². The average molecular weight is 404 g/mol. The number of fused-ring (bicyclic) bond motifs is 1. The summed E-state index contributed by atoms with van der Waals surface area (Å²) in [5.41, 5.74) is 2.93. The molecular weight excluding hydrogens is 362 g/mol. The molecule has 0 fully saturated rings. The highest BCUT2D eigenvalue weighted by molar-refractivity contribution is 5.74. The van der Waals surface area contributed by atoms with E-state index in [9.17, 15) is 9.90 Å². The number of carbonyl (C=O) groups is 1. The third-order valence-corrected chi connectivity index (χ3v) is 6.04. The van der Waals surface area contributed by atoms with Crippen LogP contribution in [-0.2, 0) is 19.4 Å². The van der Waals surface area contributed by atoms with E-state index in [2.05, 4.69) is 13.8 Å². The molecule has 1 heterocycles. The maximum atomic E-state index is 12.0. The standard InChI is InChI=1S/C25H41NO3/c1-4-6-8-10-12-14-16-20-18-23-22(19-26(3)25(28)29-23)21(24(20)27)17-15-13-11-9-7-5-2/h18,27H,4-17,19H2,1-3H3. The molecule has 29 heavy (non-hydrogen) atoms. The highest BCUT2D eigenvalue weighted by Gasteiger charge is 2.27. The Morgan fingerprint density at radius 1 is 0.897 bits per heavy atom. The minimum absolute atomic E-state index is 0.306. The second kappa shape index (κ2) is 12.8. The molecule has 1 aliphatic rings. The molecule has 1 amide bonds. The summed E-state index contributed by atoms with van der Waals surface area (Å²) >= 11 is 0. The number of nitrogens with zero attached hydrogens (tertiary/aromatic N) is 1. The first-order valence-corrected chi connectivity index (χ1v) is 11.9. The van der Waals surface area contributed by atoms with Gasteiger partial charge in [0.25, 0.3) is 0 Å². The molecule has 0 spiro atoms. The summed E-state index contributed by atoms with van der Waals surface area (Å²) in [6.45, 7) is 4.98. The molecule has 0 saturated heterocycles. The third-order valence-electron chi connectivity index (χ3n) is 6.04. The number of amides is 1. The largest absolute Gasteiger partial charge is 0.507 e. The van der Waals surface area contributed by atoms with Crippen molar-refractivity contribution in [1.29, 1.82) is 0 Å². The van der Waals surface area contributed by atoms with Gasteiger partial charge in [0, 0.05) is 18.2 Å². The van der Waals surface area contributed by atoms with E-state index in [4.69, 9.17) is 4.74 Å². The van der Waals surface area contributed by atoms with Crippen LogP contribution in [0.5, 0.6) is 11.5 Å². The highest BCUT2D eigenvalue weighted by atomic mass is 16.6. The van der Waals surface area contributed by atoms with Gasteiger partial charge in [0.1, 0.15) is 11.5 Å². The van der Waals surface area contributed by atoms with Crippen LogP contribution in [0, 0.1) is 0 Å². The third kappa shape index (κ3) is 7.24. The van der Waals surface area contributed by atoms with Gasteiger partial charge in [-0.05, 0) is 37.3 Å². The van der Waals surface area contributed by atoms with Crippen LogP contribution in [0.15, 0.2) is 6.07 Å². The van der Waals surface area contributed by atoms with Crippen molar-refractivity contribution in [1.82, 2.24) is 4.90 Å². The monoisotopic (exact) mass is 403 g/mol. The summed E-state index contributed by atoms with van der Waals surface area (Å²) in [6, 6.07) is 1.91. The molecule has 164 valence electrons. The second-order valence-electron chi connectivity index (χ2n) is 8.60. The minimum atomic E-state index is -0.306. The molecule has 0 aliphatic carbocycles. The smallest absolute Gasteiger partial charge is 0.415 e. The van der Waals surface area contributed by atoms with Gasteiger partial charge in [-0.1, -0.05) is 78.1 Å². The van der Waals surface area contributed by atoms with Crippen molar-refractivity contribution in [2.45, 2.75) is 110 Å². The van der Waals surface area contributed by atoms with Crippen molar-refractivity contribution in [2.75, 3.05) is 7.05 Å². The molecule has 2 rings (SSSR count). The summed E-state index contributed by atoms with van der Waals surface area (Å²) in [4.78, 5) is 13.6. The number of phenolic OH excluding ortho intramolecular Hbond substituents is 1. The fourth-order valence-electron chi connectivity index (χ4n) is 4.18. The molecule has 0 radical (unpaired) electrons. The van der Waals surface area contributed by atoms with Crippen molar-refractivity contribution in [2.24, 2.45) is 0 Å². The van der Waals surface area contributed by atoms with Gasteiger partial charge in [-0.15, -0.1) is 0 Å². The molecule has 0 atom stereocenters. The van der Waals surface area contributed by atoms with E-state index in [-0.39, 0.29) is 6.09 Å². The van der Waals surface area contributed by atoms with Crippen LogP contribution in [0.4, 0.5) is 4.79 Å². The van der Waals surface area contributed by atoms with Gasteiger partial charge < -0.3 is 14.7 Å². The van der Waals surface area contributed by atoms with Crippen molar-refractivity contribution < 1.29 is 14.6 Å². The van der Waals surface area contributed by atoms with Gasteiger partial charge in [-0.3, -0.25) is 0 Å². The lowest BCUT2D eigenvalue weighted by molar-refractivity contribution is 0.150. The van der Waals surface area contributed by atoms with Gasteiger partial charge in [-0.2, -0.15) is 0 Å². The highest BCUT2D eigenvalue weighted by Crippen LogP contribution is 2.38. The van der Waals surface area contributed by atoms with Gasteiger partial charge in [0.15, 0.2) is 0 Å². The zero-order valence-electron chi connectivity index (χ0n) is 18.9. The molecule has 1 aliphatic heterocycles. The Morgan fingerprint density at radius 2 is 1.45 bits per heavy atom. The summed E-state index contributed by atoms with van der Waals surface area (Å²) in [5, 5.41) is 11.0. The number of hydrogen-bond acceptors (Lipinski definition) is 3. The zero-order valence-corrected chi connectivity index (χ0v) is 18.9. The maximum absolute atomic E-state index is 12.0. The molecule has 1 aromatic carbocycles. The Balaban J connectivity index is 2.05. The molecule has 0 bridgehead atoms. The first-order valence-electron chi connectivity index (χ1n) is 11.9. The van der Waals surface area contributed by atoms with E-state index in [1.54, 1.807) is 11.9 Å². The summed E-state index contributed by atoms with van der Waals surface area (Å²) in [7, 11) is 1.75. The van der Waals surface area contributed by atoms with Gasteiger partial charge in [0.05, 0.1) is 6.54 Å². The van der Waals surface area contributed by atoms with Crippen molar-refractivity contribution >= 4 is 6.09 Å². The second-order valence-corrected chi connectivity index (χ2v) is 8.60. The number of unbranched alkanes of at least 4 members (excludes halogenated alkanes) is 10. The van der Waals surface area contributed by atoms with Gasteiger partial charge in [-0.25, -0.2) is 4.79 Å². The van der Waals surface area contributed by atoms with E-state index >= 15 is 0 Å². The van der Waals surface area contributed by atoms with E-state index in [0.29, 0.717) is 18.0 Å². The lowest BCUT2D eigenvalue weighted by Gasteiger charge is -2.28. The predicted octanol–water partition coefficient (Wildman–Crippen LogP) is 7.14. The molecule has 4 heteroatoms. The Morgan fingerprint density at radius 3 is 2.07 bits per heavy atom. The average Bonchev–Trinajstić information content (AvgIpc) is 2.70. The van der Waals surface area contributed by atoms with Crippen LogP contribution in [-0.4, -0.2) is 23.1 Å². The van der Waals surface area contributed by atoms with Crippen molar-refractivity contribution in [3.05, 3.63) is 22.8 Å². The lowest BCUT2D eigenvalue weighted by Crippen LogP contribution is -2.34. The first-order chi connectivity index (χ1) is 14.1. The van der Waals surface area contributed by atoms with Crippen molar-refractivity contribution in [3.63, 3.8) is 0 Å². The van der Waals surface area contributed by atoms with Crippen LogP contribution in [0.3, 0.4) is 0 Å². The number of benzene rings is 1. The first kappa shape index (κ1) is 23.6. The molecule has 4 nitrogen and oxygen atoms in total. The summed E-state index contributed by atoms with van der Waals surface area (Å²) in [6.07, 6.45) is 16.1. The van der Waals surface area contributed by atoms with E-state index < -0.39 is 0 Å². The number of aryl methyl sites for hydroxylation is 1. The Bertz CT molecular complexity index is 641. The molecule has 0 unspecified atom stereocenters. The Hall–Kier alpha value is -1.71. The number of hydrogen-bond donors (Lipinski definition) is 1. The summed E-state index contributed by atoms with van der Waals surface area (Å²) in [5.74, 6) is 1.10. The lowest BCUT2D eigenvalue weighted by atomic mass is 9.93. The van der Waals surface area contributed by atoms with Crippen LogP contribution in [0.25, 0.3) is 0 Å². The fraction of sp³-hybridized carbons (Fsp3) is 0.720. The number of carbonyl (C=O) groups excluding carboxylic acids is 1. The van der Waals surface area contributed by atoms with Crippen LogP contribution >= 0.6 is 0 Å². The Kier molecular flexibility index (Phi) is 10.4. The Labute approximate surface area is 177 Å². The number of aromatic hydroxyl groups is 1. The molecule has 0 aromatic heterocycles. The van der Waals surface area contributed by atoms with Crippen LogP contribution in [0.2, 0.25) is 0 Å². The quantitative estimate of drug-likeness (QED) is 0.336. The zero-order chi connectivity index (χ0) is 21.1. The van der Waals surface area contributed by atoms with Crippen molar-refractivity contribution in [3.8, 4) is 11.5 Å². The van der Waals surface area contributed by atoms with E-state index in [1.165, 1.54) is 64.2 Å². The van der Waals surface area contributed by atoms with E-state index in [1.807, 2.05) is 6.07 Å². The molecule has 1 aromatic rings. The predicted molar refractivity (Wildman–Crippen MR) is 120 cm³/mol. The molecule has 0 saturated carbocycles. The topological polar surface area (TPSA) is 49.8 Å². The van der Waals surface area contributed by atoms with Gasteiger partial charge >= 0.3 is 6.09 Å². The number of phenols is 1. The fourth-order valence-corrected chi connectivity index (χ4v) is 4.18. The van der Waals surface area contributed by atoms with E-state index in [0.717, 1.165) is 42.4 Å². The minimum Gasteiger partial charge on any atom is -0.507 e. The molecule has 1 N–H and O–H groups in total. The SMILES string of the molecule is CCCCCCCCc1cc2c(c(CCCCCCCC)c1O)CN(C)C(=O)O2. The van der Waals surface area contributed by atoms with Crippen LogP contribution in [0.1, 0.15) is 108 Å². The summed E-state index contributed by atoms with van der Waals surface area (Å²) < 4.78 is 5.58. The maximum Gasteiger partial charge on any atom is 0.415 e. The molecular formula is C25H41NO3. The number of ether oxygens (including phenoxy) is 1. The number of rotatable bonds is 14. The normalized spacial score (nSPS) is 13.5. The van der Waals surface area contributed by atoms with Gasteiger partial charge in [0.2, 0.25) is 0 Å².